The van der Waals surface area contributed by atoms with Crippen LogP contribution in [0.25, 0.3) is 0 Å². The van der Waals surface area contributed by atoms with Gasteiger partial charge < -0.3 is 10.6 Å². The van der Waals surface area contributed by atoms with Gasteiger partial charge in [0.25, 0.3) is 5.91 Å². The zero-order chi connectivity index (χ0) is 8.43. The zero-order valence-electron chi connectivity index (χ0n) is 6.77. The topological polar surface area (TPSA) is 59.2 Å². The van der Waals surface area contributed by atoms with Gasteiger partial charge >= 0.3 is 0 Å². The summed E-state index contributed by atoms with van der Waals surface area (Å²) in [5.41, 5.74) is 5.77. The van der Waals surface area contributed by atoms with E-state index < -0.39 is 0 Å². The fourth-order valence-electron chi connectivity index (χ4n) is 0.615. The molecule has 0 bridgehead atoms. The van der Waals surface area contributed by atoms with E-state index in [4.69, 9.17) is 5.73 Å². The number of nitrogens with two attached hydrogens (primary N) is 1. The van der Waals surface area contributed by atoms with Gasteiger partial charge in [-0.3, -0.25) is 4.79 Å². The van der Waals surface area contributed by atoms with Gasteiger partial charge in [0, 0.05) is 19.5 Å². The molecule has 1 amide bonds. The quantitative estimate of drug-likeness (QED) is 0.811. The normalized spacial score (nSPS) is 8.83. The second-order valence-corrected chi connectivity index (χ2v) is 3.16. The van der Waals surface area contributed by atoms with E-state index in [9.17, 15) is 4.79 Å². The Bertz CT molecular complexity index is 274. The molecule has 0 aromatic carbocycles. The number of nitrogens with zero attached hydrogens (tertiary/aromatic N) is 2. The molecule has 0 atom stereocenters. The molecule has 0 radical (unpaired) electrons. The lowest BCUT2D eigenvalue weighted by atomic mass is 10.4. The highest BCUT2D eigenvalue weighted by Crippen LogP contribution is 2.11. The molecule has 1 rings (SSSR count). The Morgan fingerprint density at radius 1 is 1.67 bits per heavy atom. The lowest BCUT2D eigenvalue weighted by Crippen LogP contribution is -2.21. The van der Waals surface area contributed by atoms with Crippen molar-refractivity contribution in [3.63, 3.8) is 0 Å². The molecule has 2 N–H and O–H groups in total. The van der Waals surface area contributed by atoms with Crippen molar-refractivity contribution in [2.45, 2.75) is 0 Å². The first-order valence-corrected chi connectivity index (χ1v) is 3.92. The number of carbonyl (C=O) groups excluding carboxylic acids is 1. The summed E-state index contributed by atoms with van der Waals surface area (Å²) in [5, 5.41) is 2.08. The number of hydrogen-bond acceptors (Lipinski definition) is 4. The van der Waals surface area contributed by atoms with E-state index >= 15 is 0 Å². The molecule has 0 aliphatic rings. The molecule has 0 aliphatic carbocycles. The number of anilines is 1. The standard InChI is InChI=1S/C6H9N3OS.BrH/c1-9(2)5(10)4-3-11-6(7)8-4;/h3H,1-2H3,(H2,7,8);1H. The van der Waals surface area contributed by atoms with E-state index in [2.05, 4.69) is 4.98 Å². The molecule has 0 aliphatic heterocycles. The first-order chi connectivity index (χ1) is 5.11. The van der Waals surface area contributed by atoms with E-state index in [1.165, 1.54) is 16.2 Å². The van der Waals surface area contributed by atoms with Crippen LogP contribution < -0.4 is 5.73 Å². The molecular weight excluding hydrogens is 242 g/mol. The number of thiazole rings is 1. The van der Waals surface area contributed by atoms with Crippen LogP contribution in [0.4, 0.5) is 5.13 Å². The highest BCUT2D eigenvalue weighted by atomic mass is 79.9. The highest BCUT2D eigenvalue weighted by Gasteiger charge is 2.10. The van der Waals surface area contributed by atoms with Crippen molar-refractivity contribution in [3.05, 3.63) is 11.1 Å². The van der Waals surface area contributed by atoms with Crippen molar-refractivity contribution in [2.75, 3.05) is 19.8 Å². The van der Waals surface area contributed by atoms with E-state index in [0.29, 0.717) is 10.8 Å². The molecule has 0 saturated carbocycles. The maximum atomic E-state index is 11.2. The lowest BCUT2D eigenvalue weighted by molar-refractivity contribution is 0.0823. The summed E-state index contributed by atoms with van der Waals surface area (Å²) in [6, 6.07) is 0. The summed E-state index contributed by atoms with van der Waals surface area (Å²) >= 11 is 1.27. The third kappa shape index (κ3) is 2.46. The van der Waals surface area contributed by atoms with Crippen LogP contribution >= 0.6 is 28.3 Å². The minimum absolute atomic E-state index is 0. The molecule has 4 nitrogen and oxygen atoms in total. The minimum atomic E-state index is -0.113. The average molecular weight is 252 g/mol. The van der Waals surface area contributed by atoms with Crippen molar-refractivity contribution in [3.8, 4) is 0 Å². The summed E-state index contributed by atoms with van der Waals surface area (Å²) in [5.74, 6) is -0.113. The van der Waals surface area contributed by atoms with Crippen LogP contribution in [0.3, 0.4) is 0 Å². The van der Waals surface area contributed by atoms with Crippen LogP contribution in [0, 0.1) is 0 Å². The van der Waals surface area contributed by atoms with Gasteiger partial charge in [0.1, 0.15) is 5.69 Å². The summed E-state index contributed by atoms with van der Waals surface area (Å²) in [4.78, 5) is 16.5. The summed E-state index contributed by atoms with van der Waals surface area (Å²) < 4.78 is 0. The Balaban J connectivity index is 0.00000121. The van der Waals surface area contributed by atoms with E-state index in [1.807, 2.05) is 0 Å². The molecule has 1 aromatic heterocycles. The van der Waals surface area contributed by atoms with E-state index in [1.54, 1.807) is 19.5 Å². The predicted octanol–water partition coefficient (Wildman–Crippen LogP) is 1.01. The van der Waals surface area contributed by atoms with Crippen molar-refractivity contribution in [1.82, 2.24) is 9.88 Å². The molecular formula is C6H10BrN3OS. The van der Waals surface area contributed by atoms with Crippen LogP contribution in [0.15, 0.2) is 5.38 Å². The van der Waals surface area contributed by atoms with Gasteiger partial charge in [0.05, 0.1) is 0 Å². The SMILES string of the molecule is Br.CN(C)C(=O)c1csc(N)n1. The number of carbonyl (C=O) groups is 1. The molecule has 12 heavy (non-hydrogen) atoms. The minimum Gasteiger partial charge on any atom is -0.375 e. The Labute approximate surface area is 85.2 Å². The molecule has 1 heterocycles. The maximum Gasteiger partial charge on any atom is 0.272 e. The third-order valence-electron chi connectivity index (χ3n) is 1.15. The smallest absolute Gasteiger partial charge is 0.272 e. The first-order valence-electron chi connectivity index (χ1n) is 3.04. The second kappa shape index (κ2) is 4.42. The summed E-state index contributed by atoms with van der Waals surface area (Å²) in [7, 11) is 3.36. The Morgan fingerprint density at radius 3 is 2.58 bits per heavy atom. The van der Waals surface area contributed by atoms with Crippen molar-refractivity contribution >= 4 is 39.4 Å². The molecule has 68 valence electrons. The van der Waals surface area contributed by atoms with Crippen molar-refractivity contribution in [1.29, 1.82) is 0 Å². The van der Waals surface area contributed by atoms with Crippen molar-refractivity contribution < 1.29 is 4.79 Å². The van der Waals surface area contributed by atoms with Crippen molar-refractivity contribution in [2.24, 2.45) is 0 Å². The van der Waals surface area contributed by atoms with Gasteiger partial charge in [0.2, 0.25) is 0 Å². The van der Waals surface area contributed by atoms with Crippen LogP contribution in [0.1, 0.15) is 10.5 Å². The monoisotopic (exact) mass is 251 g/mol. The Kier molecular flexibility index (Phi) is 4.19. The molecule has 0 unspecified atom stereocenters. The van der Waals surface area contributed by atoms with Crippen LogP contribution in [-0.4, -0.2) is 29.9 Å². The number of hydrogen-bond donors (Lipinski definition) is 1. The zero-order valence-corrected chi connectivity index (χ0v) is 9.30. The first kappa shape index (κ1) is 11.4. The molecule has 0 fully saturated rings. The number of amides is 1. The van der Waals surface area contributed by atoms with E-state index in [-0.39, 0.29) is 22.9 Å². The van der Waals surface area contributed by atoms with Gasteiger partial charge in [-0.1, -0.05) is 0 Å². The number of nitrogen functional groups attached to an aromatic ring is 1. The molecule has 1 aromatic rings. The largest absolute Gasteiger partial charge is 0.375 e. The maximum absolute atomic E-state index is 11.2. The van der Waals surface area contributed by atoms with Gasteiger partial charge in [0.15, 0.2) is 5.13 Å². The Hall–Kier alpha value is -0.620. The van der Waals surface area contributed by atoms with Gasteiger partial charge in [-0.25, -0.2) is 4.98 Å². The van der Waals surface area contributed by atoms with Gasteiger partial charge in [-0.2, -0.15) is 0 Å². The highest BCUT2D eigenvalue weighted by molar-refractivity contribution is 8.93. The van der Waals surface area contributed by atoms with Gasteiger partial charge in [-0.05, 0) is 0 Å². The molecule has 0 saturated heterocycles. The lowest BCUT2D eigenvalue weighted by Gasteiger charge is -2.06. The third-order valence-corrected chi connectivity index (χ3v) is 1.82. The number of rotatable bonds is 1. The molecule has 0 spiro atoms. The van der Waals surface area contributed by atoms with Crippen LogP contribution in [0.5, 0.6) is 0 Å². The van der Waals surface area contributed by atoms with Crippen LogP contribution in [0.2, 0.25) is 0 Å². The Morgan fingerprint density at radius 2 is 2.25 bits per heavy atom. The summed E-state index contributed by atoms with van der Waals surface area (Å²) in [6.45, 7) is 0. The fraction of sp³-hybridized carbons (Fsp3) is 0.333. The second-order valence-electron chi connectivity index (χ2n) is 2.27. The predicted molar refractivity (Wildman–Crippen MR) is 54.9 cm³/mol. The fourth-order valence-corrected chi connectivity index (χ4v) is 1.15. The number of halogens is 1. The molecule has 6 heteroatoms. The van der Waals surface area contributed by atoms with E-state index in [0.717, 1.165) is 0 Å². The number of aromatic nitrogens is 1. The average Bonchev–Trinajstić information content (AvgIpc) is 2.34. The van der Waals surface area contributed by atoms with Crippen LogP contribution in [-0.2, 0) is 0 Å². The summed E-state index contributed by atoms with van der Waals surface area (Å²) in [6.07, 6.45) is 0. The van der Waals surface area contributed by atoms with Gasteiger partial charge in [-0.15, -0.1) is 28.3 Å².